The minimum atomic E-state index is -0.269. The molecular formula is C31H40N2O4S. The zero-order valence-electron chi connectivity index (χ0n) is 22.5. The number of esters is 2. The Labute approximate surface area is 231 Å². The van der Waals surface area contributed by atoms with Gasteiger partial charge in [0.2, 0.25) is 0 Å². The SMILES string of the molecule is CC(CCCNC(=S)NCCCC(C)(c1ccccc1)C1CCOC1=O)(c1ccccc1)C1CCOC1=O. The van der Waals surface area contributed by atoms with Gasteiger partial charge in [-0.2, -0.15) is 0 Å². The van der Waals surface area contributed by atoms with Crippen LogP contribution in [0.1, 0.15) is 63.5 Å². The molecule has 0 spiro atoms. The van der Waals surface area contributed by atoms with E-state index in [0.29, 0.717) is 18.3 Å². The number of hydrogen-bond acceptors (Lipinski definition) is 5. The van der Waals surface area contributed by atoms with Crippen molar-refractivity contribution in [2.75, 3.05) is 26.3 Å². The van der Waals surface area contributed by atoms with E-state index in [4.69, 9.17) is 21.7 Å². The fourth-order valence-electron chi connectivity index (χ4n) is 6.20. The normalized spacial score (nSPS) is 22.2. The topological polar surface area (TPSA) is 76.7 Å². The van der Waals surface area contributed by atoms with E-state index in [2.05, 4.69) is 48.7 Å². The van der Waals surface area contributed by atoms with Crippen LogP contribution in [0, 0.1) is 11.8 Å². The van der Waals surface area contributed by atoms with Gasteiger partial charge in [-0.25, -0.2) is 0 Å². The van der Waals surface area contributed by atoms with Crippen molar-refractivity contribution in [2.24, 2.45) is 11.8 Å². The molecule has 0 aromatic heterocycles. The molecule has 0 radical (unpaired) electrons. The van der Waals surface area contributed by atoms with Crippen LogP contribution in [0.5, 0.6) is 0 Å². The molecular weight excluding hydrogens is 496 g/mol. The Morgan fingerprint density at radius 2 is 1.16 bits per heavy atom. The Balaban J connectivity index is 1.24. The van der Waals surface area contributed by atoms with Gasteiger partial charge in [-0.15, -0.1) is 0 Å². The molecule has 2 N–H and O–H groups in total. The largest absolute Gasteiger partial charge is 0.465 e. The van der Waals surface area contributed by atoms with E-state index in [-0.39, 0.29) is 34.6 Å². The molecule has 204 valence electrons. The monoisotopic (exact) mass is 536 g/mol. The second-order valence-electron chi connectivity index (χ2n) is 11.0. The molecule has 4 atom stereocenters. The minimum absolute atomic E-state index is 0.0881. The summed E-state index contributed by atoms with van der Waals surface area (Å²) in [5, 5.41) is 7.29. The highest BCUT2D eigenvalue weighted by Crippen LogP contribution is 2.42. The molecule has 7 heteroatoms. The van der Waals surface area contributed by atoms with Crippen LogP contribution in [-0.4, -0.2) is 43.4 Å². The number of carbonyl (C=O) groups excluding carboxylic acids is 2. The summed E-state index contributed by atoms with van der Waals surface area (Å²) in [6, 6.07) is 20.6. The van der Waals surface area contributed by atoms with E-state index in [9.17, 15) is 9.59 Å². The molecule has 0 amide bonds. The van der Waals surface area contributed by atoms with Crippen molar-refractivity contribution in [3.63, 3.8) is 0 Å². The number of hydrogen-bond donors (Lipinski definition) is 2. The minimum Gasteiger partial charge on any atom is -0.465 e. The van der Waals surface area contributed by atoms with Crippen molar-refractivity contribution in [2.45, 2.75) is 63.2 Å². The smallest absolute Gasteiger partial charge is 0.309 e. The average Bonchev–Trinajstić information content (AvgIpc) is 3.58. The van der Waals surface area contributed by atoms with Crippen molar-refractivity contribution in [3.05, 3.63) is 71.8 Å². The molecule has 2 aliphatic heterocycles. The molecule has 0 saturated carbocycles. The molecule has 4 rings (SSSR count). The standard InChI is InChI=1S/C31H40N2O4S/c1-30(23-11-5-3-6-12-23,25-15-21-36-27(25)34)17-9-19-32-29(38)33-20-10-18-31(2,24-13-7-4-8-14-24)26-16-22-37-28(26)35/h3-8,11-14,25-26H,9-10,15-22H2,1-2H3,(H2,32,33,38). The Morgan fingerprint density at radius 1 is 0.763 bits per heavy atom. The van der Waals surface area contributed by atoms with Crippen molar-refractivity contribution in [3.8, 4) is 0 Å². The van der Waals surface area contributed by atoms with Crippen LogP contribution in [-0.2, 0) is 29.9 Å². The fraction of sp³-hybridized carbons (Fsp3) is 0.516. The lowest BCUT2D eigenvalue weighted by Gasteiger charge is -2.34. The third-order valence-electron chi connectivity index (χ3n) is 8.59. The lowest BCUT2D eigenvalue weighted by atomic mass is 9.68. The third kappa shape index (κ3) is 6.37. The predicted octanol–water partition coefficient (Wildman–Crippen LogP) is 5.05. The maximum absolute atomic E-state index is 12.5. The van der Waals surface area contributed by atoms with Crippen molar-refractivity contribution < 1.29 is 19.1 Å². The Kier molecular flexibility index (Phi) is 9.42. The highest BCUT2D eigenvalue weighted by atomic mass is 32.1. The van der Waals surface area contributed by atoms with Crippen molar-refractivity contribution >= 4 is 29.3 Å². The third-order valence-corrected chi connectivity index (χ3v) is 8.88. The van der Waals surface area contributed by atoms with E-state index in [1.165, 1.54) is 11.1 Å². The maximum Gasteiger partial charge on any atom is 0.309 e. The van der Waals surface area contributed by atoms with E-state index in [0.717, 1.165) is 51.6 Å². The van der Waals surface area contributed by atoms with Gasteiger partial charge in [0, 0.05) is 23.9 Å². The molecule has 38 heavy (non-hydrogen) atoms. The molecule has 2 aromatic rings. The quantitative estimate of drug-likeness (QED) is 0.223. The molecule has 2 aromatic carbocycles. The molecule has 2 heterocycles. The van der Waals surface area contributed by atoms with Crippen LogP contribution >= 0.6 is 12.2 Å². The van der Waals surface area contributed by atoms with Crippen molar-refractivity contribution in [1.82, 2.24) is 10.6 Å². The first-order chi connectivity index (χ1) is 18.3. The van der Waals surface area contributed by atoms with Crippen LogP contribution in [0.4, 0.5) is 0 Å². The zero-order chi connectivity index (χ0) is 27.0. The lowest BCUT2D eigenvalue weighted by molar-refractivity contribution is -0.144. The lowest BCUT2D eigenvalue weighted by Crippen LogP contribution is -2.39. The van der Waals surface area contributed by atoms with E-state index >= 15 is 0 Å². The second kappa shape index (κ2) is 12.7. The van der Waals surface area contributed by atoms with Gasteiger partial charge in [-0.1, -0.05) is 74.5 Å². The van der Waals surface area contributed by atoms with Crippen LogP contribution < -0.4 is 10.6 Å². The summed E-state index contributed by atoms with van der Waals surface area (Å²) in [4.78, 5) is 24.9. The summed E-state index contributed by atoms with van der Waals surface area (Å²) in [5.74, 6) is -0.415. The average molecular weight is 537 g/mol. The van der Waals surface area contributed by atoms with Gasteiger partial charge in [-0.3, -0.25) is 9.59 Å². The number of benzene rings is 2. The fourth-order valence-corrected chi connectivity index (χ4v) is 6.41. The Bertz CT molecular complexity index is 1010. The first-order valence-corrected chi connectivity index (χ1v) is 14.2. The summed E-state index contributed by atoms with van der Waals surface area (Å²) in [6.07, 6.45) is 5.01. The summed E-state index contributed by atoms with van der Waals surface area (Å²) < 4.78 is 10.6. The summed E-state index contributed by atoms with van der Waals surface area (Å²) in [7, 11) is 0. The van der Waals surface area contributed by atoms with Gasteiger partial charge in [0.15, 0.2) is 5.11 Å². The summed E-state index contributed by atoms with van der Waals surface area (Å²) in [5.41, 5.74) is 1.82. The molecule has 6 nitrogen and oxygen atoms in total. The molecule has 2 fully saturated rings. The molecule has 2 saturated heterocycles. The van der Waals surface area contributed by atoms with Gasteiger partial charge in [0.25, 0.3) is 0 Å². The van der Waals surface area contributed by atoms with Gasteiger partial charge < -0.3 is 20.1 Å². The predicted molar refractivity (Wildman–Crippen MR) is 153 cm³/mol. The first kappa shape index (κ1) is 28.1. The zero-order valence-corrected chi connectivity index (χ0v) is 23.4. The number of cyclic esters (lactones) is 2. The van der Waals surface area contributed by atoms with E-state index in [1.807, 2.05) is 36.4 Å². The van der Waals surface area contributed by atoms with E-state index < -0.39 is 0 Å². The summed E-state index contributed by atoms with van der Waals surface area (Å²) in [6.45, 7) is 6.82. The van der Waals surface area contributed by atoms with Crippen LogP contribution in [0.3, 0.4) is 0 Å². The first-order valence-electron chi connectivity index (χ1n) is 13.8. The number of nitrogens with one attached hydrogen (secondary N) is 2. The summed E-state index contributed by atoms with van der Waals surface area (Å²) >= 11 is 5.54. The van der Waals surface area contributed by atoms with Crippen LogP contribution in [0.15, 0.2) is 60.7 Å². The molecule has 0 aliphatic carbocycles. The highest BCUT2D eigenvalue weighted by molar-refractivity contribution is 7.80. The van der Waals surface area contributed by atoms with Gasteiger partial charge in [0.05, 0.1) is 25.0 Å². The number of thiocarbonyl (C=S) groups is 1. The van der Waals surface area contributed by atoms with Gasteiger partial charge in [0.1, 0.15) is 0 Å². The number of rotatable bonds is 12. The Hall–Kier alpha value is -2.93. The molecule has 2 aliphatic rings. The number of ether oxygens (including phenoxy) is 2. The van der Waals surface area contributed by atoms with Gasteiger partial charge >= 0.3 is 11.9 Å². The highest BCUT2D eigenvalue weighted by Gasteiger charge is 2.44. The second-order valence-corrected chi connectivity index (χ2v) is 11.4. The number of carbonyl (C=O) groups is 2. The van der Waals surface area contributed by atoms with Gasteiger partial charge in [-0.05, 0) is 61.9 Å². The van der Waals surface area contributed by atoms with E-state index in [1.54, 1.807) is 0 Å². The molecule has 4 unspecified atom stereocenters. The van der Waals surface area contributed by atoms with Crippen molar-refractivity contribution in [1.29, 1.82) is 0 Å². The van der Waals surface area contributed by atoms with Crippen LogP contribution in [0.2, 0.25) is 0 Å². The maximum atomic E-state index is 12.5. The molecule has 0 bridgehead atoms. The van der Waals surface area contributed by atoms with Crippen LogP contribution in [0.25, 0.3) is 0 Å². The Morgan fingerprint density at radius 3 is 1.50 bits per heavy atom.